The molecule has 0 amide bonds. The molecule has 4 aliphatic carbocycles. The van der Waals surface area contributed by atoms with Gasteiger partial charge in [0.2, 0.25) is 0 Å². The first kappa shape index (κ1) is 33.9. The Morgan fingerprint density at radius 1 is 0.559 bits per heavy atom. The van der Waals surface area contributed by atoms with Gasteiger partial charge in [-0.1, -0.05) is 170 Å². The van der Waals surface area contributed by atoms with Gasteiger partial charge in [-0.3, -0.25) is 0 Å². The van der Waals surface area contributed by atoms with E-state index >= 15 is 0 Å². The Bertz CT molecular complexity index is 3130. The average molecular weight is 755 g/mol. The van der Waals surface area contributed by atoms with E-state index in [1.54, 1.807) is 5.57 Å². The van der Waals surface area contributed by atoms with Gasteiger partial charge in [0.05, 0.1) is 11.2 Å². The predicted molar refractivity (Wildman–Crippen MR) is 248 cm³/mol. The van der Waals surface area contributed by atoms with Gasteiger partial charge >= 0.3 is 0 Å². The maximum atomic E-state index is 2.53. The van der Waals surface area contributed by atoms with E-state index in [0.29, 0.717) is 11.8 Å². The molecule has 0 saturated heterocycles. The molecule has 4 aliphatic rings. The van der Waals surface area contributed by atoms with Crippen molar-refractivity contribution in [1.82, 2.24) is 4.57 Å². The summed E-state index contributed by atoms with van der Waals surface area (Å²) in [5, 5.41) is 2.54. The zero-order valence-corrected chi connectivity index (χ0v) is 32.8. The van der Waals surface area contributed by atoms with E-state index in [-0.39, 0.29) is 0 Å². The number of para-hydroxylation sites is 1. The summed E-state index contributed by atoms with van der Waals surface area (Å²) in [5.74, 6) is 0.983. The molecule has 59 heavy (non-hydrogen) atoms. The lowest BCUT2D eigenvalue weighted by molar-refractivity contribution is 0.504. The zero-order chi connectivity index (χ0) is 38.9. The number of benzene rings is 7. The van der Waals surface area contributed by atoms with Crippen molar-refractivity contribution in [2.24, 2.45) is 11.8 Å². The Hall–Kier alpha value is -7.16. The molecular weight excluding hydrogens is 713 g/mol. The van der Waals surface area contributed by atoms with E-state index in [9.17, 15) is 0 Å². The fourth-order valence-electron chi connectivity index (χ4n) is 10.5. The van der Waals surface area contributed by atoms with Gasteiger partial charge < -0.3 is 9.47 Å². The lowest BCUT2D eigenvalue weighted by Crippen LogP contribution is -2.20. The van der Waals surface area contributed by atoms with Crippen LogP contribution in [0.25, 0.3) is 55.2 Å². The number of nitrogens with zero attached hydrogens (tertiary/aromatic N) is 2. The first-order chi connectivity index (χ1) is 29.3. The Labute approximate surface area is 345 Å². The monoisotopic (exact) mass is 754 g/mol. The Morgan fingerprint density at radius 3 is 2.19 bits per heavy atom. The van der Waals surface area contributed by atoms with Crippen LogP contribution in [0.2, 0.25) is 0 Å². The molecule has 12 rings (SSSR count). The lowest BCUT2D eigenvalue weighted by Gasteiger charge is -2.34. The van der Waals surface area contributed by atoms with E-state index in [2.05, 4.69) is 216 Å². The maximum absolute atomic E-state index is 2.53. The molecule has 280 valence electrons. The van der Waals surface area contributed by atoms with Gasteiger partial charge in [0.15, 0.2) is 0 Å². The number of hydrogen-bond acceptors (Lipinski definition) is 1. The molecular formula is C57H42N2. The van der Waals surface area contributed by atoms with E-state index < -0.39 is 0 Å². The van der Waals surface area contributed by atoms with Gasteiger partial charge in [-0.2, -0.15) is 0 Å². The number of fused-ring (bicyclic) bond motifs is 7. The third-order valence-electron chi connectivity index (χ3n) is 13.1. The van der Waals surface area contributed by atoms with Gasteiger partial charge in [-0.05, 0) is 111 Å². The summed E-state index contributed by atoms with van der Waals surface area (Å²) in [4.78, 5) is 2.53. The second-order valence-corrected chi connectivity index (χ2v) is 16.4. The minimum atomic E-state index is 0.459. The first-order valence-corrected chi connectivity index (χ1v) is 21.0. The standard InChI is InChI=1S/C57H42N2/c1-3-16-38(17-4-1)40-22-13-24-44(35-40)59(53-31-15-29-51-56(53)50-28-14-23-42-34-41-20-7-10-26-47(41)57(51)55(42)50)45-32-33-49-48-27-11-12-30-52(48)58(54(49)36-45)37-43-21-8-9-25-46(43)39-18-5-2-6-19-39/h1-22,24-33,35-36,41-42H,23,34,37H2. The fourth-order valence-corrected chi connectivity index (χ4v) is 10.5. The summed E-state index contributed by atoms with van der Waals surface area (Å²) in [7, 11) is 0. The van der Waals surface area contributed by atoms with E-state index in [4.69, 9.17) is 0 Å². The van der Waals surface area contributed by atoms with Crippen molar-refractivity contribution in [3.63, 3.8) is 0 Å². The first-order valence-electron chi connectivity index (χ1n) is 21.0. The summed E-state index contributed by atoms with van der Waals surface area (Å²) in [6.07, 6.45) is 16.4. The summed E-state index contributed by atoms with van der Waals surface area (Å²) in [5.41, 5.74) is 20.8. The summed E-state index contributed by atoms with van der Waals surface area (Å²) < 4.78 is 2.53. The summed E-state index contributed by atoms with van der Waals surface area (Å²) >= 11 is 0. The van der Waals surface area contributed by atoms with Crippen molar-refractivity contribution in [3.05, 3.63) is 234 Å². The van der Waals surface area contributed by atoms with Crippen LogP contribution in [0.4, 0.5) is 17.1 Å². The quantitative estimate of drug-likeness (QED) is 0.157. The molecule has 2 heteroatoms. The summed E-state index contributed by atoms with van der Waals surface area (Å²) in [6.45, 7) is 0.755. The van der Waals surface area contributed by atoms with Crippen LogP contribution < -0.4 is 4.90 Å². The third kappa shape index (κ3) is 5.47. The van der Waals surface area contributed by atoms with Gasteiger partial charge in [0, 0.05) is 45.7 Å². The molecule has 0 bridgehead atoms. The maximum Gasteiger partial charge on any atom is 0.0546 e. The molecule has 8 aromatic rings. The average Bonchev–Trinajstić information content (AvgIpc) is 3.81. The molecule has 0 radical (unpaired) electrons. The fraction of sp³-hybridized carbons (Fsp3) is 0.0877. The number of rotatable bonds is 7. The number of allylic oxidation sites excluding steroid dienone is 10. The van der Waals surface area contributed by atoms with Crippen LogP contribution in [-0.2, 0) is 6.54 Å². The normalized spacial score (nSPS) is 17.4. The Balaban J connectivity index is 1.10. The van der Waals surface area contributed by atoms with Crippen molar-refractivity contribution in [1.29, 1.82) is 0 Å². The van der Waals surface area contributed by atoms with Gasteiger partial charge in [0.1, 0.15) is 0 Å². The van der Waals surface area contributed by atoms with Crippen LogP contribution >= 0.6 is 0 Å². The van der Waals surface area contributed by atoms with Crippen LogP contribution in [0.5, 0.6) is 0 Å². The lowest BCUT2D eigenvalue weighted by atomic mass is 9.69. The molecule has 2 atom stereocenters. The van der Waals surface area contributed by atoms with E-state index in [1.807, 2.05) is 0 Å². The van der Waals surface area contributed by atoms with Crippen LogP contribution in [0.1, 0.15) is 29.5 Å². The van der Waals surface area contributed by atoms with Gasteiger partial charge in [0.25, 0.3) is 0 Å². The Morgan fingerprint density at radius 2 is 1.29 bits per heavy atom. The predicted octanol–water partition coefficient (Wildman–Crippen LogP) is 14.9. The molecule has 0 spiro atoms. The van der Waals surface area contributed by atoms with Gasteiger partial charge in [-0.15, -0.1) is 0 Å². The second kappa shape index (κ2) is 13.7. The second-order valence-electron chi connectivity index (χ2n) is 16.4. The van der Waals surface area contributed by atoms with Crippen molar-refractivity contribution < 1.29 is 0 Å². The van der Waals surface area contributed by atoms with Crippen molar-refractivity contribution >= 4 is 50.0 Å². The van der Waals surface area contributed by atoms with Crippen molar-refractivity contribution in [2.75, 3.05) is 4.90 Å². The number of aromatic nitrogens is 1. The Kier molecular flexibility index (Phi) is 7.91. The molecule has 0 saturated carbocycles. The molecule has 1 heterocycles. The minimum absolute atomic E-state index is 0.459. The zero-order valence-electron chi connectivity index (χ0n) is 32.8. The third-order valence-corrected chi connectivity index (χ3v) is 13.1. The van der Waals surface area contributed by atoms with Crippen LogP contribution in [0.3, 0.4) is 0 Å². The molecule has 0 aliphatic heterocycles. The molecule has 0 N–H and O–H groups in total. The summed E-state index contributed by atoms with van der Waals surface area (Å²) in [6, 6.07) is 62.6. The van der Waals surface area contributed by atoms with Crippen LogP contribution in [-0.4, -0.2) is 4.57 Å². The molecule has 2 unspecified atom stereocenters. The van der Waals surface area contributed by atoms with E-state index in [1.165, 1.54) is 89.6 Å². The van der Waals surface area contributed by atoms with Crippen molar-refractivity contribution in [2.45, 2.75) is 19.4 Å². The largest absolute Gasteiger partial charge is 0.336 e. The number of anilines is 3. The van der Waals surface area contributed by atoms with Crippen molar-refractivity contribution in [3.8, 4) is 22.3 Å². The highest BCUT2D eigenvalue weighted by molar-refractivity contribution is 6.12. The number of hydrogen-bond donors (Lipinski definition) is 0. The SMILES string of the molecule is C1=CC2=C3C4=C(C=CCC4CC2C=C1)c1c3cccc1N(c1cccc(-c2ccccc2)c1)c1ccc2c3ccccc3n(Cc3ccccc3-c3ccccc3)c2c1. The molecule has 1 aromatic heterocycles. The van der Waals surface area contributed by atoms with Crippen LogP contribution in [0.15, 0.2) is 217 Å². The minimum Gasteiger partial charge on any atom is -0.336 e. The topological polar surface area (TPSA) is 8.17 Å². The highest BCUT2D eigenvalue weighted by Gasteiger charge is 2.41. The highest BCUT2D eigenvalue weighted by Crippen LogP contribution is 2.59. The molecule has 0 fully saturated rings. The smallest absolute Gasteiger partial charge is 0.0546 e. The molecule has 2 nitrogen and oxygen atoms in total. The van der Waals surface area contributed by atoms with Crippen LogP contribution in [0, 0.1) is 11.8 Å². The van der Waals surface area contributed by atoms with E-state index in [0.717, 1.165) is 24.3 Å². The highest BCUT2D eigenvalue weighted by atomic mass is 15.1. The molecule has 7 aromatic carbocycles. The van der Waals surface area contributed by atoms with Gasteiger partial charge in [-0.25, -0.2) is 0 Å².